The van der Waals surface area contributed by atoms with Crippen LogP contribution in [-0.2, 0) is 35.1 Å². The minimum absolute atomic E-state index is 0. The van der Waals surface area contributed by atoms with E-state index in [1.54, 1.807) is 37.9 Å². The molecule has 1 aliphatic heterocycles. The van der Waals surface area contributed by atoms with Crippen LogP contribution in [0, 0.1) is 39.9 Å². The topological polar surface area (TPSA) is 203 Å². The van der Waals surface area contributed by atoms with E-state index in [9.17, 15) is 39.6 Å². The van der Waals surface area contributed by atoms with Crippen molar-refractivity contribution in [1.82, 2.24) is 24.6 Å². The second kappa shape index (κ2) is 23.3. The first kappa shape index (κ1) is 40.9. The zero-order valence-electron chi connectivity index (χ0n) is 25.6. The molecule has 1 aliphatic rings. The van der Waals surface area contributed by atoms with Crippen molar-refractivity contribution in [1.29, 1.82) is 0 Å². The number of hydrogen-bond acceptors (Lipinski definition) is 12. The molecular weight excluding hydrogens is 740 g/mol. The largest absolute Gasteiger partial charge is 0.490 e. The Morgan fingerprint density at radius 3 is 1.78 bits per heavy atom. The van der Waals surface area contributed by atoms with Crippen LogP contribution >= 0.6 is 0 Å². The molecule has 0 radical (unpaired) electrons. The van der Waals surface area contributed by atoms with Crippen LogP contribution in [-0.4, -0.2) is 180 Å². The van der Waals surface area contributed by atoms with Crippen molar-refractivity contribution in [3.8, 4) is 5.75 Å². The van der Waals surface area contributed by atoms with Gasteiger partial charge in [-0.15, -0.1) is 0 Å². The van der Waals surface area contributed by atoms with Gasteiger partial charge in [0.05, 0.1) is 52.2 Å². The molecule has 0 aromatic carbocycles. The Bertz CT molecular complexity index is 1040. The first-order chi connectivity index (χ1) is 21.0. The second-order valence-corrected chi connectivity index (χ2v) is 10.3. The molecule has 16 nitrogen and oxygen atoms in total. The van der Waals surface area contributed by atoms with Crippen LogP contribution in [0.3, 0.4) is 0 Å². The molecule has 0 unspecified atom stereocenters. The SMILES string of the molecule is CCOCCOCCOc1ccc(C[C@H]2CN(CC(=O)O)CCN(CC(=O)O)CCN(CC(=O)O)CCN2CC(=O)O)nc1.[Gd]. The predicted octanol–water partition coefficient (Wildman–Crippen LogP) is -1.02. The average molecular weight is 785 g/mol. The number of nitrogens with zero attached hydrogens (tertiary/aromatic N) is 5. The first-order valence-corrected chi connectivity index (χ1v) is 14.6. The van der Waals surface area contributed by atoms with Gasteiger partial charge in [-0.1, -0.05) is 0 Å². The Balaban J connectivity index is 0.0000101. The molecule has 2 heterocycles. The standard InChI is InChI=1S/C28H45N5O11.Gd/c1-2-42-11-12-43-13-14-44-24-4-3-22(29-16-24)15-23-17-32(20-27(38)39)8-7-30(18-25(34)35)5-6-31(19-26(36)37)9-10-33(23)21-28(40)41;/h3-4,16,23H,2,5-15,17-21H2,1H3,(H,34,35)(H,36,37)(H,38,39)(H,40,41);/t23-;/m0./s1. The molecule has 2 rings (SSSR count). The maximum absolute atomic E-state index is 11.9. The summed E-state index contributed by atoms with van der Waals surface area (Å²) in [6.07, 6.45) is 1.84. The van der Waals surface area contributed by atoms with E-state index in [0.29, 0.717) is 44.5 Å². The van der Waals surface area contributed by atoms with Crippen LogP contribution in [0.15, 0.2) is 18.3 Å². The van der Waals surface area contributed by atoms with Gasteiger partial charge in [0.2, 0.25) is 0 Å². The van der Waals surface area contributed by atoms with Crippen LogP contribution in [0.2, 0.25) is 0 Å². The molecule has 45 heavy (non-hydrogen) atoms. The van der Waals surface area contributed by atoms with Gasteiger partial charge in [0.1, 0.15) is 12.4 Å². The monoisotopic (exact) mass is 785 g/mol. The maximum atomic E-state index is 11.9. The van der Waals surface area contributed by atoms with E-state index in [1.165, 1.54) is 0 Å². The number of carboxylic acid groups (broad SMARTS) is 4. The summed E-state index contributed by atoms with van der Waals surface area (Å²) in [5.74, 6) is -3.73. The fourth-order valence-electron chi connectivity index (χ4n) is 4.80. The summed E-state index contributed by atoms with van der Waals surface area (Å²) in [5.41, 5.74) is 0.628. The summed E-state index contributed by atoms with van der Waals surface area (Å²) < 4.78 is 16.3. The number of rotatable bonds is 18. The minimum Gasteiger partial charge on any atom is -0.490 e. The van der Waals surface area contributed by atoms with Gasteiger partial charge in [-0.25, -0.2) is 0 Å². The van der Waals surface area contributed by atoms with Crippen molar-refractivity contribution in [2.45, 2.75) is 19.4 Å². The summed E-state index contributed by atoms with van der Waals surface area (Å²) in [7, 11) is 0. The summed E-state index contributed by atoms with van der Waals surface area (Å²) >= 11 is 0. The van der Waals surface area contributed by atoms with Gasteiger partial charge < -0.3 is 34.6 Å². The Morgan fingerprint density at radius 2 is 1.24 bits per heavy atom. The van der Waals surface area contributed by atoms with Crippen molar-refractivity contribution in [3.05, 3.63) is 24.0 Å². The number of pyridine rings is 1. The molecule has 0 saturated carbocycles. The minimum atomic E-state index is -1.08. The number of aliphatic carboxylic acids is 4. The predicted molar refractivity (Wildman–Crippen MR) is 156 cm³/mol. The molecule has 0 spiro atoms. The molecule has 0 bridgehead atoms. The third kappa shape index (κ3) is 18.6. The Hall–Kier alpha value is -2.09. The molecule has 4 N–H and O–H groups in total. The van der Waals surface area contributed by atoms with Gasteiger partial charge in [-0.05, 0) is 19.1 Å². The molecule has 1 fully saturated rings. The molecule has 1 saturated heterocycles. The number of hydrogen-bond donors (Lipinski definition) is 4. The molecule has 0 amide bonds. The third-order valence-electron chi connectivity index (χ3n) is 6.88. The summed E-state index contributed by atoms with van der Waals surface area (Å²) in [5, 5.41) is 38.1. The van der Waals surface area contributed by atoms with Crippen LogP contribution in [0.1, 0.15) is 12.6 Å². The van der Waals surface area contributed by atoms with Crippen LogP contribution < -0.4 is 4.74 Å². The summed E-state index contributed by atoms with van der Waals surface area (Å²) in [6.45, 7) is 4.45. The summed E-state index contributed by atoms with van der Waals surface area (Å²) in [6, 6.07) is 3.00. The Labute approximate surface area is 294 Å². The number of carbonyl (C=O) groups is 4. The van der Waals surface area contributed by atoms with Crippen LogP contribution in [0.5, 0.6) is 5.75 Å². The number of carboxylic acids is 4. The molecule has 1 aromatic rings. The van der Waals surface area contributed by atoms with Gasteiger partial charge >= 0.3 is 23.9 Å². The van der Waals surface area contributed by atoms with Gasteiger partial charge in [0.15, 0.2) is 0 Å². The molecule has 256 valence electrons. The first-order valence-electron chi connectivity index (χ1n) is 14.6. The molecule has 1 atom stereocenters. The number of ether oxygens (including phenoxy) is 3. The third-order valence-corrected chi connectivity index (χ3v) is 6.88. The average Bonchev–Trinajstić information content (AvgIpc) is 2.94. The van der Waals surface area contributed by atoms with E-state index in [1.807, 2.05) is 6.92 Å². The number of aromatic nitrogens is 1. The molecular formula is C28H45GdN5O11. The van der Waals surface area contributed by atoms with E-state index >= 15 is 0 Å². The van der Waals surface area contributed by atoms with Gasteiger partial charge in [-0.3, -0.25) is 43.8 Å². The molecule has 1 aromatic heterocycles. The van der Waals surface area contributed by atoms with Crippen molar-refractivity contribution >= 4 is 23.9 Å². The van der Waals surface area contributed by atoms with E-state index < -0.39 is 29.9 Å². The Morgan fingerprint density at radius 1 is 0.733 bits per heavy atom. The smallest absolute Gasteiger partial charge is 0.317 e. The quantitative estimate of drug-likeness (QED) is 0.132. The van der Waals surface area contributed by atoms with Gasteiger partial charge in [0, 0.05) is 111 Å². The van der Waals surface area contributed by atoms with Crippen LogP contribution in [0.25, 0.3) is 0 Å². The normalized spacial score (nSPS) is 17.8. The summed E-state index contributed by atoms with van der Waals surface area (Å²) in [4.78, 5) is 57.7. The zero-order chi connectivity index (χ0) is 32.3. The van der Waals surface area contributed by atoms with E-state index in [2.05, 4.69) is 4.98 Å². The van der Waals surface area contributed by atoms with E-state index in [4.69, 9.17) is 14.2 Å². The maximum Gasteiger partial charge on any atom is 0.317 e. The zero-order valence-corrected chi connectivity index (χ0v) is 27.8. The molecule has 0 aliphatic carbocycles. The van der Waals surface area contributed by atoms with Gasteiger partial charge in [-0.2, -0.15) is 0 Å². The van der Waals surface area contributed by atoms with Crippen molar-refractivity contribution < 1.29 is 93.8 Å². The van der Waals surface area contributed by atoms with Gasteiger partial charge in [0.25, 0.3) is 0 Å². The molecule has 17 heteroatoms. The fourth-order valence-corrected chi connectivity index (χ4v) is 4.80. The fraction of sp³-hybridized carbons (Fsp3) is 0.679. The van der Waals surface area contributed by atoms with E-state index in [-0.39, 0.29) is 118 Å². The van der Waals surface area contributed by atoms with Crippen molar-refractivity contribution in [2.24, 2.45) is 0 Å². The van der Waals surface area contributed by atoms with Crippen molar-refractivity contribution in [2.75, 3.05) is 105 Å². The Kier molecular flexibility index (Phi) is 21.2. The van der Waals surface area contributed by atoms with Crippen molar-refractivity contribution in [3.63, 3.8) is 0 Å². The van der Waals surface area contributed by atoms with E-state index in [0.717, 1.165) is 0 Å². The second-order valence-electron chi connectivity index (χ2n) is 10.3. The van der Waals surface area contributed by atoms with Crippen LogP contribution in [0.4, 0.5) is 0 Å².